The number of hydrogen-bond donors (Lipinski definition) is 2. The molecule has 4 nitrogen and oxygen atoms in total. The molecule has 0 aromatic heterocycles. The summed E-state index contributed by atoms with van der Waals surface area (Å²) in [4.78, 5) is 11.5. The van der Waals surface area contributed by atoms with Crippen LogP contribution in [-0.4, -0.2) is 30.3 Å². The van der Waals surface area contributed by atoms with Crippen LogP contribution >= 0.6 is 0 Å². The van der Waals surface area contributed by atoms with E-state index in [-0.39, 0.29) is 24.3 Å². The minimum absolute atomic E-state index is 0.0662. The Kier molecular flexibility index (Phi) is 5.69. The summed E-state index contributed by atoms with van der Waals surface area (Å²) in [6.07, 6.45) is 0. The highest BCUT2D eigenvalue weighted by atomic mass is 19.1. The van der Waals surface area contributed by atoms with Gasteiger partial charge < -0.3 is 15.2 Å². The molecule has 106 valence electrons. The zero-order chi connectivity index (χ0) is 14.4. The zero-order valence-electron chi connectivity index (χ0n) is 10.8. The molecule has 0 saturated heterocycles. The van der Waals surface area contributed by atoms with Crippen LogP contribution in [-0.2, 0) is 4.79 Å². The fourth-order valence-electron chi connectivity index (χ4n) is 1.41. The number of carbonyl (C=O) groups excluding carboxylic acids is 1. The Hall–Kier alpha value is -1.69. The second-order valence-corrected chi connectivity index (χ2v) is 4.46. The number of carbonyl (C=O) groups is 1. The molecular weight excluding hydrogens is 256 g/mol. The molecular formula is C13H17F2NO3. The molecule has 0 radical (unpaired) electrons. The van der Waals surface area contributed by atoms with Crippen molar-refractivity contribution in [1.29, 1.82) is 0 Å². The molecule has 1 rings (SSSR count). The molecule has 1 amide bonds. The van der Waals surface area contributed by atoms with E-state index in [9.17, 15) is 13.6 Å². The number of ether oxygens (including phenoxy) is 1. The molecule has 0 spiro atoms. The Morgan fingerprint density at radius 1 is 1.42 bits per heavy atom. The quantitative estimate of drug-likeness (QED) is 0.825. The third-order valence-corrected chi connectivity index (χ3v) is 2.60. The number of hydrogen-bond acceptors (Lipinski definition) is 3. The van der Waals surface area contributed by atoms with E-state index in [4.69, 9.17) is 9.84 Å². The van der Waals surface area contributed by atoms with Crippen molar-refractivity contribution in [3.05, 3.63) is 29.8 Å². The molecule has 0 aliphatic rings. The Balaban J connectivity index is 2.50. The average molecular weight is 273 g/mol. The predicted molar refractivity (Wildman–Crippen MR) is 65.7 cm³/mol. The minimum atomic E-state index is -0.865. The highest BCUT2D eigenvalue weighted by Gasteiger charge is 2.15. The van der Waals surface area contributed by atoms with Crippen LogP contribution in [0.4, 0.5) is 8.78 Å². The first kappa shape index (κ1) is 15.4. The molecule has 1 aromatic carbocycles. The van der Waals surface area contributed by atoms with Gasteiger partial charge in [0.15, 0.2) is 18.2 Å². The maximum atomic E-state index is 13.2. The van der Waals surface area contributed by atoms with Gasteiger partial charge in [-0.1, -0.05) is 13.8 Å². The normalized spacial score (nSPS) is 12.3. The van der Waals surface area contributed by atoms with Crippen LogP contribution in [0, 0.1) is 17.6 Å². The van der Waals surface area contributed by atoms with Crippen LogP contribution in [0.3, 0.4) is 0 Å². The van der Waals surface area contributed by atoms with Gasteiger partial charge in [0, 0.05) is 6.07 Å². The highest BCUT2D eigenvalue weighted by molar-refractivity contribution is 5.77. The molecule has 2 N–H and O–H groups in total. The third kappa shape index (κ3) is 4.82. The Bertz CT molecular complexity index is 438. The minimum Gasteiger partial charge on any atom is -0.481 e. The van der Waals surface area contributed by atoms with Crippen LogP contribution in [0.25, 0.3) is 0 Å². The van der Waals surface area contributed by atoms with E-state index in [0.29, 0.717) is 6.07 Å². The molecule has 0 aliphatic heterocycles. The summed E-state index contributed by atoms with van der Waals surface area (Å²) in [5.41, 5.74) is 0. The maximum absolute atomic E-state index is 13.2. The molecule has 0 bridgehead atoms. The van der Waals surface area contributed by atoms with E-state index in [2.05, 4.69) is 5.32 Å². The maximum Gasteiger partial charge on any atom is 0.258 e. The summed E-state index contributed by atoms with van der Waals surface area (Å²) in [6, 6.07) is 2.46. The number of aliphatic hydroxyl groups excluding tert-OH is 1. The van der Waals surface area contributed by atoms with Crippen molar-refractivity contribution in [1.82, 2.24) is 5.32 Å². The van der Waals surface area contributed by atoms with Gasteiger partial charge in [0.2, 0.25) is 0 Å². The number of nitrogens with one attached hydrogen (secondary N) is 1. The fraction of sp³-hybridized carbons (Fsp3) is 0.462. The van der Waals surface area contributed by atoms with Gasteiger partial charge in [-0.2, -0.15) is 0 Å². The summed E-state index contributed by atoms with van der Waals surface area (Å²) in [5.74, 6) is -2.18. The van der Waals surface area contributed by atoms with Crippen molar-refractivity contribution in [2.24, 2.45) is 5.92 Å². The number of aliphatic hydroxyl groups is 1. The largest absolute Gasteiger partial charge is 0.481 e. The number of amides is 1. The van der Waals surface area contributed by atoms with Gasteiger partial charge in [0.05, 0.1) is 12.6 Å². The van der Waals surface area contributed by atoms with Crippen molar-refractivity contribution in [2.45, 2.75) is 19.9 Å². The Morgan fingerprint density at radius 2 is 2.11 bits per heavy atom. The first-order valence-electron chi connectivity index (χ1n) is 5.92. The monoisotopic (exact) mass is 273 g/mol. The van der Waals surface area contributed by atoms with E-state index in [0.717, 1.165) is 12.1 Å². The molecule has 0 saturated carbocycles. The van der Waals surface area contributed by atoms with E-state index in [1.165, 1.54) is 0 Å². The summed E-state index contributed by atoms with van der Waals surface area (Å²) in [5, 5.41) is 11.6. The van der Waals surface area contributed by atoms with Crippen LogP contribution in [0.1, 0.15) is 13.8 Å². The van der Waals surface area contributed by atoms with Gasteiger partial charge in [-0.25, -0.2) is 8.78 Å². The second-order valence-electron chi connectivity index (χ2n) is 4.46. The van der Waals surface area contributed by atoms with Gasteiger partial charge in [-0.05, 0) is 18.1 Å². The molecule has 1 unspecified atom stereocenters. The Labute approximate surface area is 110 Å². The van der Waals surface area contributed by atoms with Crippen LogP contribution < -0.4 is 10.1 Å². The SMILES string of the molecule is CC(C)C(CO)NC(=O)COc1ccc(F)cc1F. The first-order valence-corrected chi connectivity index (χ1v) is 5.92. The lowest BCUT2D eigenvalue weighted by molar-refractivity contribution is -0.124. The van der Waals surface area contributed by atoms with Crippen LogP contribution in [0.2, 0.25) is 0 Å². The van der Waals surface area contributed by atoms with Crippen molar-refractivity contribution in [3.8, 4) is 5.75 Å². The smallest absolute Gasteiger partial charge is 0.258 e. The second kappa shape index (κ2) is 7.04. The molecule has 1 atom stereocenters. The fourth-order valence-corrected chi connectivity index (χ4v) is 1.41. The van der Waals surface area contributed by atoms with E-state index >= 15 is 0 Å². The van der Waals surface area contributed by atoms with Crippen LogP contribution in [0.15, 0.2) is 18.2 Å². The standard InChI is InChI=1S/C13H17F2NO3/c1-8(2)11(6-17)16-13(18)7-19-12-4-3-9(14)5-10(12)15/h3-5,8,11,17H,6-7H2,1-2H3,(H,16,18). The lowest BCUT2D eigenvalue weighted by Gasteiger charge is -2.19. The van der Waals surface area contributed by atoms with Gasteiger partial charge in [0.1, 0.15) is 5.82 Å². The third-order valence-electron chi connectivity index (χ3n) is 2.60. The predicted octanol–water partition coefficient (Wildman–Crippen LogP) is 1.48. The van der Waals surface area contributed by atoms with E-state index < -0.39 is 24.1 Å². The topological polar surface area (TPSA) is 58.6 Å². The lowest BCUT2D eigenvalue weighted by atomic mass is 10.1. The molecule has 19 heavy (non-hydrogen) atoms. The van der Waals surface area contributed by atoms with Gasteiger partial charge in [-0.15, -0.1) is 0 Å². The average Bonchev–Trinajstić information content (AvgIpc) is 2.34. The van der Waals surface area contributed by atoms with E-state index in [1.54, 1.807) is 0 Å². The summed E-state index contributed by atoms with van der Waals surface area (Å²) in [7, 11) is 0. The van der Waals surface area contributed by atoms with Gasteiger partial charge in [-0.3, -0.25) is 4.79 Å². The number of rotatable bonds is 6. The van der Waals surface area contributed by atoms with Crippen molar-refractivity contribution >= 4 is 5.91 Å². The first-order chi connectivity index (χ1) is 8.93. The van der Waals surface area contributed by atoms with Crippen LogP contribution in [0.5, 0.6) is 5.75 Å². The number of halogens is 2. The van der Waals surface area contributed by atoms with Gasteiger partial charge in [0.25, 0.3) is 5.91 Å². The van der Waals surface area contributed by atoms with Crippen molar-refractivity contribution in [3.63, 3.8) is 0 Å². The van der Waals surface area contributed by atoms with E-state index in [1.807, 2.05) is 13.8 Å². The molecule has 0 heterocycles. The zero-order valence-corrected chi connectivity index (χ0v) is 10.8. The molecule has 1 aromatic rings. The van der Waals surface area contributed by atoms with Crippen molar-refractivity contribution < 1.29 is 23.4 Å². The summed E-state index contributed by atoms with van der Waals surface area (Å²) in [6.45, 7) is 3.11. The number of benzene rings is 1. The van der Waals surface area contributed by atoms with Gasteiger partial charge >= 0.3 is 0 Å². The molecule has 0 aliphatic carbocycles. The molecule has 6 heteroatoms. The Morgan fingerprint density at radius 3 is 2.63 bits per heavy atom. The highest BCUT2D eigenvalue weighted by Crippen LogP contribution is 2.17. The summed E-state index contributed by atoms with van der Waals surface area (Å²) >= 11 is 0. The molecule has 0 fully saturated rings. The lowest BCUT2D eigenvalue weighted by Crippen LogP contribution is -2.43. The van der Waals surface area contributed by atoms with Crippen molar-refractivity contribution in [2.75, 3.05) is 13.2 Å². The summed E-state index contributed by atoms with van der Waals surface area (Å²) < 4.78 is 30.8.